The van der Waals surface area contributed by atoms with Crippen LogP contribution in [0.5, 0.6) is 11.5 Å². The fourth-order valence-electron chi connectivity index (χ4n) is 3.54. The molecular formula is C24H12BrF3N4O8. The van der Waals surface area contributed by atoms with Gasteiger partial charge in [-0.1, -0.05) is 15.9 Å². The molecule has 1 heterocycles. The summed E-state index contributed by atoms with van der Waals surface area (Å²) in [6.07, 6.45) is -3.84. The molecule has 0 aromatic heterocycles. The molecule has 16 heteroatoms. The molecule has 0 saturated carbocycles. The van der Waals surface area contributed by atoms with Crippen molar-refractivity contribution in [1.82, 2.24) is 5.32 Å². The van der Waals surface area contributed by atoms with Crippen LogP contribution in [0.4, 0.5) is 35.0 Å². The van der Waals surface area contributed by atoms with E-state index in [-0.39, 0.29) is 22.7 Å². The van der Waals surface area contributed by atoms with Crippen LogP contribution in [-0.2, 0) is 15.8 Å². The number of anilines is 1. The van der Waals surface area contributed by atoms with Gasteiger partial charge < -0.3 is 4.74 Å². The van der Waals surface area contributed by atoms with Gasteiger partial charge in [-0.3, -0.25) is 35.1 Å². The minimum Gasteiger partial charge on any atom is -0.449 e. The third-order valence-corrected chi connectivity index (χ3v) is 5.89. The van der Waals surface area contributed by atoms with E-state index in [0.29, 0.717) is 21.5 Å². The quantitative estimate of drug-likeness (QED) is 0.158. The number of urea groups is 1. The first-order chi connectivity index (χ1) is 18.8. The van der Waals surface area contributed by atoms with Crippen LogP contribution >= 0.6 is 15.9 Å². The Morgan fingerprint density at radius 1 is 0.900 bits per heavy atom. The number of halogens is 4. The SMILES string of the molecule is O=C1NC(=O)N(c2ccc([N+](=O)[O-])cc2)C(=O)/C1=C/c1cc(Br)ccc1Oc1ccc(C(F)(F)F)cc1[N+](=O)[O-]. The van der Waals surface area contributed by atoms with Gasteiger partial charge in [0.2, 0.25) is 5.75 Å². The number of nitrogens with zero attached hydrogens (tertiary/aromatic N) is 3. The maximum absolute atomic E-state index is 13.2. The second kappa shape index (κ2) is 10.6. The smallest absolute Gasteiger partial charge is 0.416 e. The number of benzene rings is 3. The molecule has 3 aromatic rings. The average Bonchev–Trinajstić information content (AvgIpc) is 2.87. The zero-order valence-electron chi connectivity index (χ0n) is 19.5. The lowest BCUT2D eigenvalue weighted by Crippen LogP contribution is -2.54. The van der Waals surface area contributed by atoms with Gasteiger partial charge in [0.25, 0.3) is 17.5 Å². The van der Waals surface area contributed by atoms with E-state index in [2.05, 4.69) is 15.9 Å². The normalized spacial score (nSPS) is 14.8. The highest BCUT2D eigenvalue weighted by Crippen LogP contribution is 2.39. The van der Waals surface area contributed by atoms with Crippen molar-refractivity contribution in [3.8, 4) is 11.5 Å². The molecule has 4 amide bonds. The summed E-state index contributed by atoms with van der Waals surface area (Å²) < 4.78 is 45.1. The summed E-state index contributed by atoms with van der Waals surface area (Å²) in [5.41, 5.74) is -3.25. The van der Waals surface area contributed by atoms with E-state index in [4.69, 9.17) is 4.74 Å². The van der Waals surface area contributed by atoms with Gasteiger partial charge >= 0.3 is 17.9 Å². The molecule has 1 aliphatic rings. The van der Waals surface area contributed by atoms with Crippen molar-refractivity contribution >= 4 is 56.9 Å². The molecule has 40 heavy (non-hydrogen) atoms. The molecule has 0 atom stereocenters. The third-order valence-electron chi connectivity index (χ3n) is 5.39. The number of barbiturate groups is 1. The van der Waals surface area contributed by atoms with Gasteiger partial charge in [-0.15, -0.1) is 0 Å². The summed E-state index contributed by atoms with van der Waals surface area (Å²) in [6.45, 7) is 0. The van der Waals surface area contributed by atoms with E-state index in [1.807, 2.05) is 5.32 Å². The van der Waals surface area contributed by atoms with Crippen molar-refractivity contribution in [2.75, 3.05) is 4.90 Å². The number of carbonyl (C=O) groups is 3. The first-order valence-corrected chi connectivity index (χ1v) is 11.5. The molecule has 0 bridgehead atoms. The van der Waals surface area contributed by atoms with Gasteiger partial charge in [0, 0.05) is 28.2 Å². The van der Waals surface area contributed by atoms with Gasteiger partial charge in [0.15, 0.2) is 0 Å². The number of rotatable bonds is 6. The standard InChI is InChI=1S/C24H12BrF3N4O8/c25-14-2-8-19(40-20-7-1-13(24(26,27)28)11-18(20)32(38)39)12(9-14)10-17-21(33)29-23(35)30(22(17)34)15-3-5-16(6-4-15)31(36)37/h1-11H,(H,29,33,35)/b17-10+. The third kappa shape index (κ3) is 5.65. The first-order valence-electron chi connectivity index (χ1n) is 10.7. The van der Waals surface area contributed by atoms with Gasteiger partial charge in [-0.25, -0.2) is 9.69 Å². The zero-order valence-corrected chi connectivity index (χ0v) is 21.1. The van der Waals surface area contributed by atoms with Crippen molar-refractivity contribution in [2.45, 2.75) is 6.18 Å². The molecule has 0 aliphatic carbocycles. The lowest BCUT2D eigenvalue weighted by atomic mass is 10.1. The first kappa shape index (κ1) is 27.9. The van der Waals surface area contributed by atoms with E-state index in [1.54, 1.807) is 0 Å². The number of nitro benzene ring substituents is 2. The molecule has 1 fully saturated rings. The average molecular weight is 621 g/mol. The number of nitro groups is 2. The molecule has 1 N–H and O–H groups in total. The Hall–Kier alpha value is -5.12. The van der Waals surface area contributed by atoms with E-state index in [0.717, 1.165) is 36.4 Å². The van der Waals surface area contributed by atoms with Crippen LogP contribution in [0.2, 0.25) is 0 Å². The second-order valence-corrected chi connectivity index (χ2v) is 8.87. The van der Waals surface area contributed by atoms with E-state index in [9.17, 15) is 47.8 Å². The van der Waals surface area contributed by atoms with E-state index in [1.165, 1.54) is 18.2 Å². The summed E-state index contributed by atoms with van der Waals surface area (Å²) in [4.78, 5) is 59.4. The van der Waals surface area contributed by atoms with Crippen molar-refractivity contribution < 1.29 is 42.1 Å². The Morgan fingerprint density at radius 2 is 1.55 bits per heavy atom. The summed E-state index contributed by atoms with van der Waals surface area (Å²) >= 11 is 3.20. The van der Waals surface area contributed by atoms with E-state index >= 15 is 0 Å². The molecule has 3 aromatic carbocycles. The Kier molecular flexibility index (Phi) is 7.37. The van der Waals surface area contributed by atoms with Crippen LogP contribution in [0.3, 0.4) is 0 Å². The molecule has 0 unspecified atom stereocenters. The van der Waals surface area contributed by atoms with Gasteiger partial charge in [0.1, 0.15) is 11.3 Å². The molecule has 4 rings (SSSR count). The number of nitrogens with one attached hydrogen (secondary N) is 1. The number of amides is 4. The van der Waals surface area contributed by atoms with Crippen LogP contribution < -0.4 is 15.0 Å². The summed E-state index contributed by atoms with van der Waals surface area (Å²) in [6, 6.07) is 8.94. The van der Waals surface area contributed by atoms with Gasteiger partial charge in [0.05, 0.1) is 21.1 Å². The maximum Gasteiger partial charge on any atom is 0.416 e. The molecule has 204 valence electrons. The van der Waals surface area contributed by atoms with Crippen LogP contribution in [0.1, 0.15) is 11.1 Å². The monoisotopic (exact) mass is 620 g/mol. The Bertz CT molecular complexity index is 1620. The lowest BCUT2D eigenvalue weighted by Gasteiger charge is -2.26. The highest BCUT2D eigenvalue weighted by atomic mass is 79.9. The molecule has 1 aliphatic heterocycles. The Balaban J connectivity index is 1.75. The molecule has 0 spiro atoms. The molecular weight excluding hydrogens is 609 g/mol. The van der Waals surface area contributed by atoms with Crippen molar-refractivity contribution in [3.05, 3.63) is 102 Å². The molecule has 1 saturated heterocycles. The summed E-state index contributed by atoms with van der Waals surface area (Å²) in [7, 11) is 0. The number of carbonyl (C=O) groups excluding carboxylic acids is 3. The Labute approximate surface area is 229 Å². The highest BCUT2D eigenvalue weighted by molar-refractivity contribution is 9.10. The summed E-state index contributed by atoms with van der Waals surface area (Å²) in [5, 5.41) is 24.3. The number of hydrogen-bond donors (Lipinski definition) is 1. The van der Waals surface area contributed by atoms with E-state index < -0.39 is 56.4 Å². The largest absolute Gasteiger partial charge is 0.449 e. The van der Waals surface area contributed by atoms with Crippen molar-refractivity contribution in [3.63, 3.8) is 0 Å². The second-order valence-electron chi connectivity index (χ2n) is 7.95. The highest BCUT2D eigenvalue weighted by Gasteiger charge is 2.37. The summed E-state index contributed by atoms with van der Waals surface area (Å²) in [5.74, 6) is -2.94. The number of non-ortho nitro benzene ring substituents is 1. The van der Waals surface area contributed by atoms with Crippen LogP contribution in [-0.4, -0.2) is 27.7 Å². The lowest BCUT2D eigenvalue weighted by molar-refractivity contribution is -0.385. The fourth-order valence-corrected chi connectivity index (χ4v) is 3.92. The number of ether oxygens (including phenoxy) is 1. The minimum absolute atomic E-state index is 0.0138. The number of hydrogen-bond acceptors (Lipinski definition) is 8. The van der Waals surface area contributed by atoms with Gasteiger partial charge in [-0.2, -0.15) is 13.2 Å². The van der Waals surface area contributed by atoms with Crippen molar-refractivity contribution in [1.29, 1.82) is 0 Å². The predicted octanol–water partition coefficient (Wildman–Crippen LogP) is 5.74. The fraction of sp³-hybridized carbons (Fsp3) is 0.0417. The van der Waals surface area contributed by atoms with Gasteiger partial charge in [-0.05, 0) is 48.5 Å². The number of alkyl halides is 3. The molecule has 0 radical (unpaired) electrons. The van der Waals surface area contributed by atoms with Crippen molar-refractivity contribution in [2.24, 2.45) is 0 Å². The number of imide groups is 2. The predicted molar refractivity (Wildman–Crippen MR) is 134 cm³/mol. The Morgan fingerprint density at radius 3 is 2.15 bits per heavy atom. The van der Waals surface area contributed by atoms with Crippen LogP contribution in [0, 0.1) is 20.2 Å². The maximum atomic E-state index is 13.2. The zero-order chi connectivity index (χ0) is 29.4. The molecule has 12 nitrogen and oxygen atoms in total. The minimum atomic E-state index is -4.85. The van der Waals surface area contributed by atoms with Crippen LogP contribution in [0.15, 0.2) is 70.7 Å². The topological polar surface area (TPSA) is 162 Å². The van der Waals surface area contributed by atoms with Crippen LogP contribution in [0.25, 0.3) is 6.08 Å².